The number of aromatic nitrogens is 1. The molecule has 2 heterocycles. The van der Waals surface area contributed by atoms with Gasteiger partial charge in [-0.15, -0.1) is 0 Å². The van der Waals surface area contributed by atoms with Gasteiger partial charge in [-0.25, -0.2) is 4.79 Å². The highest BCUT2D eigenvalue weighted by molar-refractivity contribution is 5.95. The van der Waals surface area contributed by atoms with Crippen molar-refractivity contribution in [3.8, 4) is 0 Å². The number of rotatable bonds is 4. The second kappa shape index (κ2) is 9.16. The highest BCUT2D eigenvalue weighted by atomic mass is 16.6. The second-order valence-corrected chi connectivity index (χ2v) is 8.66. The minimum absolute atomic E-state index is 0.0857. The zero-order valence-corrected chi connectivity index (χ0v) is 18.9. The first kappa shape index (κ1) is 21.5. The molecular weight excluding hydrogens is 390 g/mol. The molecule has 1 aromatic heterocycles. The van der Waals surface area contributed by atoms with E-state index in [1.54, 1.807) is 4.90 Å². The molecule has 4 rings (SSSR count). The summed E-state index contributed by atoms with van der Waals surface area (Å²) in [6.45, 7) is 9.22. The molecule has 0 N–H and O–H groups in total. The lowest BCUT2D eigenvalue weighted by Gasteiger charge is -2.34. The lowest BCUT2D eigenvalue weighted by molar-refractivity contribution is 0.0561. The number of carbonyl (C=O) groups is 2. The van der Waals surface area contributed by atoms with Gasteiger partial charge in [-0.2, -0.15) is 0 Å². The van der Waals surface area contributed by atoms with Crippen molar-refractivity contribution in [2.45, 2.75) is 53.0 Å². The van der Waals surface area contributed by atoms with Crippen LogP contribution >= 0.6 is 0 Å². The molecule has 1 aromatic carbocycles. The first-order valence-corrected chi connectivity index (χ1v) is 11.5. The Morgan fingerprint density at radius 2 is 1.58 bits per heavy atom. The molecule has 0 atom stereocenters. The SMILES string of the molecule is CCOC(=O)N1CCN(C(=O)c2c(C)c3c(n2Cc2ccc(C)cc2)CCCC3)CC1. The maximum absolute atomic E-state index is 13.7. The van der Waals surface area contributed by atoms with Crippen LogP contribution in [0.3, 0.4) is 0 Å². The van der Waals surface area contributed by atoms with Gasteiger partial charge in [0.15, 0.2) is 0 Å². The van der Waals surface area contributed by atoms with Gasteiger partial charge in [0, 0.05) is 38.4 Å². The highest BCUT2D eigenvalue weighted by Crippen LogP contribution is 2.31. The van der Waals surface area contributed by atoms with Crippen LogP contribution in [0.2, 0.25) is 0 Å². The summed E-state index contributed by atoms with van der Waals surface area (Å²) < 4.78 is 7.38. The Kier molecular flexibility index (Phi) is 6.35. The Labute approximate surface area is 184 Å². The molecular formula is C25H33N3O3. The van der Waals surface area contributed by atoms with Gasteiger partial charge in [0.05, 0.1) is 6.61 Å². The highest BCUT2D eigenvalue weighted by Gasteiger charge is 2.31. The zero-order chi connectivity index (χ0) is 22.0. The van der Waals surface area contributed by atoms with Gasteiger partial charge in [-0.1, -0.05) is 29.8 Å². The molecule has 1 aliphatic heterocycles. The number of fused-ring (bicyclic) bond motifs is 1. The third kappa shape index (κ3) is 4.34. The molecule has 2 aliphatic rings. The minimum Gasteiger partial charge on any atom is -0.450 e. The summed E-state index contributed by atoms with van der Waals surface area (Å²) >= 11 is 0. The van der Waals surface area contributed by atoms with Crippen molar-refractivity contribution in [3.63, 3.8) is 0 Å². The standard InChI is InChI=1S/C25H33N3O3/c1-4-31-25(30)27-15-13-26(14-16-27)24(29)23-19(3)21-7-5-6-8-22(21)28(23)17-20-11-9-18(2)10-12-20/h9-12H,4-8,13-17H2,1-3H3. The lowest BCUT2D eigenvalue weighted by atomic mass is 9.95. The molecule has 2 amide bonds. The molecule has 6 heteroatoms. The summed E-state index contributed by atoms with van der Waals surface area (Å²) in [5.74, 6) is 0.0857. The predicted molar refractivity (Wildman–Crippen MR) is 121 cm³/mol. The predicted octanol–water partition coefficient (Wildman–Crippen LogP) is 3.95. The molecule has 0 bridgehead atoms. The van der Waals surface area contributed by atoms with Crippen molar-refractivity contribution in [1.82, 2.24) is 14.4 Å². The van der Waals surface area contributed by atoms with E-state index in [2.05, 4.69) is 42.7 Å². The number of hydrogen-bond donors (Lipinski definition) is 0. The first-order chi connectivity index (χ1) is 15.0. The maximum atomic E-state index is 13.7. The largest absolute Gasteiger partial charge is 0.450 e. The lowest BCUT2D eigenvalue weighted by Crippen LogP contribution is -2.51. The van der Waals surface area contributed by atoms with Crippen LogP contribution in [0.5, 0.6) is 0 Å². The summed E-state index contributed by atoms with van der Waals surface area (Å²) in [4.78, 5) is 29.3. The summed E-state index contributed by atoms with van der Waals surface area (Å²) in [6.07, 6.45) is 4.17. The van der Waals surface area contributed by atoms with Crippen molar-refractivity contribution < 1.29 is 14.3 Å². The van der Waals surface area contributed by atoms with Crippen molar-refractivity contribution >= 4 is 12.0 Å². The Morgan fingerprint density at radius 3 is 2.26 bits per heavy atom. The Bertz CT molecular complexity index is 953. The monoisotopic (exact) mass is 423 g/mol. The topological polar surface area (TPSA) is 54.8 Å². The molecule has 0 unspecified atom stereocenters. The quantitative estimate of drug-likeness (QED) is 0.748. The molecule has 1 saturated heterocycles. The molecule has 6 nitrogen and oxygen atoms in total. The Hall–Kier alpha value is -2.76. The zero-order valence-electron chi connectivity index (χ0n) is 18.9. The van der Waals surface area contributed by atoms with E-state index in [-0.39, 0.29) is 12.0 Å². The molecule has 0 radical (unpaired) electrons. The van der Waals surface area contributed by atoms with Gasteiger partial charge in [0.1, 0.15) is 5.69 Å². The number of aryl methyl sites for hydroxylation is 1. The number of piperazine rings is 1. The van der Waals surface area contributed by atoms with E-state index in [1.165, 1.54) is 35.2 Å². The van der Waals surface area contributed by atoms with Gasteiger partial charge >= 0.3 is 6.09 Å². The van der Waals surface area contributed by atoms with Gasteiger partial charge in [-0.05, 0) is 63.1 Å². The van der Waals surface area contributed by atoms with Crippen LogP contribution in [0.4, 0.5) is 4.79 Å². The van der Waals surface area contributed by atoms with Crippen LogP contribution in [-0.4, -0.2) is 59.2 Å². The fourth-order valence-corrected chi connectivity index (χ4v) is 4.85. The molecule has 31 heavy (non-hydrogen) atoms. The average Bonchev–Trinajstić information content (AvgIpc) is 3.07. The first-order valence-electron chi connectivity index (χ1n) is 11.5. The van der Waals surface area contributed by atoms with E-state index in [0.717, 1.165) is 30.6 Å². The van der Waals surface area contributed by atoms with Gasteiger partial charge < -0.3 is 19.1 Å². The van der Waals surface area contributed by atoms with E-state index >= 15 is 0 Å². The average molecular weight is 424 g/mol. The van der Waals surface area contributed by atoms with Crippen LogP contribution in [0.25, 0.3) is 0 Å². The number of amides is 2. The molecule has 166 valence electrons. The van der Waals surface area contributed by atoms with E-state index in [0.29, 0.717) is 32.8 Å². The third-order valence-electron chi connectivity index (χ3n) is 6.60. The van der Waals surface area contributed by atoms with E-state index in [4.69, 9.17) is 4.74 Å². The van der Waals surface area contributed by atoms with Crippen LogP contribution < -0.4 is 0 Å². The molecule has 0 spiro atoms. The van der Waals surface area contributed by atoms with Crippen molar-refractivity contribution in [1.29, 1.82) is 0 Å². The minimum atomic E-state index is -0.288. The van der Waals surface area contributed by atoms with Gasteiger partial charge in [-0.3, -0.25) is 4.79 Å². The van der Waals surface area contributed by atoms with Crippen molar-refractivity contribution in [2.75, 3.05) is 32.8 Å². The van der Waals surface area contributed by atoms with Crippen LogP contribution in [-0.2, 0) is 24.1 Å². The smallest absolute Gasteiger partial charge is 0.409 e. The van der Waals surface area contributed by atoms with Crippen LogP contribution in [0.1, 0.15) is 58.2 Å². The second-order valence-electron chi connectivity index (χ2n) is 8.66. The summed E-state index contributed by atoms with van der Waals surface area (Å²) in [6, 6.07) is 8.58. The Morgan fingerprint density at radius 1 is 0.935 bits per heavy atom. The summed E-state index contributed by atoms with van der Waals surface area (Å²) in [7, 11) is 0. The van der Waals surface area contributed by atoms with E-state index in [1.807, 2.05) is 11.8 Å². The number of hydrogen-bond acceptors (Lipinski definition) is 3. The fourth-order valence-electron chi connectivity index (χ4n) is 4.85. The van der Waals surface area contributed by atoms with Gasteiger partial charge in [0.2, 0.25) is 0 Å². The van der Waals surface area contributed by atoms with Crippen molar-refractivity contribution in [3.05, 3.63) is 57.9 Å². The van der Waals surface area contributed by atoms with E-state index < -0.39 is 0 Å². The molecule has 1 aliphatic carbocycles. The number of ether oxygens (including phenoxy) is 1. The maximum Gasteiger partial charge on any atom is 0.409 e. The van der Waals surface area contributed by atoms with Gasteiger partial charge in [0.25, 0.3) is 5.91 Å². The number of nitrogens with zero attached hydrogens (tertiary/aromatic N) is 3. The van der Waals surface area contributed by atoms with Crippen LogP contribution in [0.15, 0.2) is 24.3 Å². The number of carbonyl (C=O) groups excluding carboxylic acids is 2. The summed E-state index contributed by atoms with van der Waals surface area (Å²) in [5, 5.41) is 0. The van der Waals surface area contributed by atoms with E-state index in [9.17, 15) is 9.59 Å². The number of benzene rings is 1. The van der Waals surface area contributed by atoms with Crippen LogP contribution in [0, 0.1) is 13.8 Å². The summed E-state index contributed by atoms with van der Waals surface area (Å²) in [5.41, 5.74) is 7.13. The fraction of sp³-hybridized carbons (Fsp3) is 0.520. The normalized spacial score (nSPS) is 16.2. The molecule has 2 aromatic rings. The van der Waals surface area contributed by atoms with Crippen molar-refractivity contribution in [2.24, 2.45) is 0 Å². The Balaban J connectivity index is 1.60. The molecule has 1 fully saturated rings. The molecule has 0 saturated carbocycles. The third-order valence-corrected chi connectivity index (χ3v) is 6.60.